The number of carbonyl (C=O) groups excluding carboxylic acids is 1. The smallest absolute Gasteiger partial charge is 0.223 e. The molecule has 0 aromatic heterocycles. The Morgan fingerprint density at radius 1 is 1.18 bits per heavy atom. The van der Waals surface area contributed by atoms with Crippen LogP contribution < -0.4 is 5.32 Å². The van der Waals surface area contributed by atoms with E-state index in [2.05, 4.69) is 43.4 Å². The molecule has 2 aliphatic rings. The van der Waals surface area contributed by atoms with Crippen LogP contribution in [0.1, 0.15) is 51.5 Å². The molecule has 3 nitrogen and oxygen atoms in total. The van der Waals surface area contributed by atoms with Crippen molar-refractivity contribution in [2.45, 2.75) is 69.5 Å². The zero-order chi connectivity index (χ0) is 15.7. The number of carbonyl (C=O) groups is 1. The Hall–Kier alpha value is -1.35. The summed E-state index contributed by atoms with van der Waals surface area (Å²) in [4.78, 5) is 14.8. The molecule has 120 valence electrons. The van der Waals surface area contributed by atoms with E-state index in [1.165, 1.54) is 18.4 Å². The van der Waals surface area contributed by atoms with E-state index in [9.17, 15) is 4.79 Å². The first-order valence-electron chi connectivity index (χ1n) is 8.53. The van der Waals surface area contributed by atoms with Crippen molar-refractivity contribution in [2.24, 2.45) is 0 Å². The molecule has 0 spiro atoms. The van der Waals surface area contributed by atoms with Gasteiger partial charge in [-0.25, -0.2) is 0 Å². The summed E-state index contributed by atoms with van der Waals surface area (Å²) in [5, 5.41) is 3.65. The van der Waals surface area contributed by atoms with Crippen molar-refractivity contribution in [3.63, 3.8) is 0 Å². The third-order valence-corrected chi connectivity index (χ3v) is 5.54. The molecule has 1 aromatic carbocycles. The number of hydrogen-bond donors (Lipinski definition) is 1. The highest BCUT2D eigenvalue weighted by atomic mass is 16.2. The van der Waals surface area contributed by atoms with Crippen molar-refractivity contribution in [3.8, 4) is 0 Å². The standard InChI is InChI=1S/C19H28N2O/c1-19(2,14-7-5-4-6-8-14)13-18(22)21(3)17-11-15-9-10-16(12-17)20-15/h4-8,15-17,20H,9-13H2,1-3H3. The molecule has 2 heterocycles. The van der Waals surface area contributed by atoms with Gasteiger partial charge >= 0.3 is 0 Å². The van der Waals surface area contributed by atoms with E-state index in [4.69, 9.17) is 0 Å². The quantitative estimate of drug-likeness (QED) is 0.926. The zero-order valence-corrected chi connectivity index (χ0v) is 14.0. The first-order valence-corrected chi connectivity index (χ1v) is 8.53. The highest BCUT2D eigenvalue weighted by Crippen LogP contribution is 2.32. The summed E-state index contributed by atoms with van der Waals surface area (Å²) >= 11 is 0. The zero-order valence-electron chi connectivity index (χ0n) is 14.0. The predicted octanol–water partition coefficient (Wildman–Crippen LogP) is 3.10. The summed E-state index contributed by atoms with van der Waals surface area (Å²) in [6.45, 7) is 4.33. The Kier molecular flexibility index (Phi) is 4.26. The number of rotatable bonds is 4. The van der Waals surface area contributed by atoms with Crippen molar-refractivity contribution in [2.75, 3.05) is 7.05 Å². The number of piperidine rings is 1. The number of nitrogens with one attached hydrogen (secondary N) is 1. The fourth-order valence-corrected chi connectivity index (χ4v) is 4.04. The van der Waals surface area contributed by atoms with E-state index in [1.807, 2.05) is 18.0 Å². The van der Waals surface area contributed by atoms with Crippen molar-refractivity contribution in [1.29, 1.82) is 0 Å². The Bertz CT molecular complexity index is 513. The molecule has 1 amide bonds. The summed E-state index contributed by atoms with van der Waals surface area (Å²) in [5.41, 5.74) is 1.13. The van der Waals surface area contributed by atoms with Crippen LogP contribution in [0, 0.1) is 0 Å². The average Bonchev–Trinajstić information content (AvgIpc) is 2.85. The normalized spacial score (nSPS) is 27.7. The van der Waals surface area contributed by atoms with Gasteiger partial charge in [-0.3, -0.25) is 4.79 Å². The number of benzene rings is 1. The van der Waals surface area contributed by atoms with Crippen LogP contribution in [0.2, 0.25) is 0 Å². The first-order chi connectivity index (χ1) is 10.5. The van der Waals surface area contributed by atoms with Gasteiger partial charge in [-0.05, 0) is 36.7 Å². The molecule has 2 atom stereocenters. The van der Waals surface area contributed by atoms with Gasteiger partial charge in [0.2, 0.25) is 5.91 Å². The third-order valence-electron chi connectivity index (χ3n) is 5.54. The highest BCUT2D eigenvalue weighted by Gasteiger charge is 2.37. The molecule has 1 aromatic rings. The van der Waals surface area contributed by atoms with E-state index in [0.29, 0.717) is 24.5 Å². The summed E-state index contributed by atoms with van der Waals surface area (Å²) in [5.74, 6) is 0.278. The Morgan fingerprint density at radius 3 is 2.36 bits per heavy atom. The lowest BCUT2D eigenvalue weighted by atomic mass is 9.81. The van der Waals surface area contributed by atoms with E-state index in [0.717, 1.165) is 12.8 Å². The van der Waals surface area contributed by atoms with Gasteiger partial charge in [-0.15, -0.1) is 0 Å². The third kappa shape index (κ3) is 3.19. The monoisotopic (exact) mass is 300 g/mol. The minimum absolute atomic E-state index is 0.113. The highest BCUT2D eigenvalue weighted by molar-refractivity contribution is 5.77. The van der Waals surface area contributed by atoms with Crippen LogP contribution in [0.25, 0.3) is 0 Å². The molecule has 22 heavy (non-hydrogen) atoms. The van der Waals surface area contributed by atoms with Crippen LogP contribution in [0.5, 0.6) is 0 Å². The summed E-state index contributed by atoms with van der Waals surface area (Å²) in [7, 11) is 2.00. The second kappa shape index (κ2) is 6.04. The topological polar surface area (TPSA) is 32.3 Å². The molecule has 2 bridgehead atoms. The molecule has 0 aliphatic carbocycles. The maximum Gasteiger partial charge on any atom is 0.223 e. The van der Waals surface area contributed by atoms with Crippen LogP contribution in [0.4, 0.5) is 0 Å². The largest absolute Gasteiger partial charge is 0.343 e. The van der Waals surface area contributed by atoms with Crippen LogP contribution in [0.3, 0.4) is 0 Å². The van der Waals surface area contributed by atoms with Crippen molar-refractivity contribution in [1.82, 2.24) is 10.2 Å². The minimum Gasteiger partial charge on any atom is -0.343 e. The molecule has 0 saturated carbocycles. The maximum atomic E-state index is 12.8. The molecular formula is C19H28N2O. The molecule has 2 saturated heterocycles. The van der Waals surface area contributed by atoms with Crippen LogP contribution in [-0.4, -0.2) is 36.0 Å². The van der Waals surface area contributed by atoms with E-state index in [-0.39, 0.29) is 11.3 Å². The Morgan fingerprint density at radius 2 is 1.77 bits per heavy atom. The van der Waals surface area contributed by atoms with Crippen molar-refractivity contribution < 1.29 is 4.79 Å². The van der Waals surface area contributed by atoms with Gasteiger partial charge in [-0.2, -0.15) is 0 Å². The second-order valence-corrected chi connectivity index (χ2v) is 7.69. The SMILES string of the molecule is CN(C(=O)CC(C)(C)c1ccccc1)C1CC2CCC(C1)N2. The molecule has 2 fully saturated rings. The molecule has 0 radical (unpaired) electrons. The summed E-state index contributed by atoms with van der Waals surface area (Å²) in [6, 6.07) is 12.0. The number of hydrogen-bond acceptors (Lipinski definition) is 2. The Labute approximate surface area is 134 Å². The molecule has 2 aliphatic heterocycles. The van der Waals surface area contributed by atoms with Gasteiger partial charge in [0.15, 0.2) is 0 Å². The fourth-order valence-electron chi connectivity index (χ4n) is 4.04. The molecule has 3 heteroatoms. The number of amides is 1. The van der Waals surface area contributed by atoms with Gasteiger partial charge < -0.3 is 10.2 Å². The van der Waals surface area contributed by atoms with Crippen molar-refractivity contribution in [3.05, 3.63) is 35.9 Å². The van der Waals surface area contributed by atoms with E-state index in [1.54, 1.807) is 0 Å². The van der Waals surface area contributed by atoms with Gasteiger partial charge in [0.05, 0.1) is 0 Å². The van der Waals surface area contributed by atoms with Crippen molar-refractivity contribution >= 4 is 5.91 Å². The second-order valence-electron chi connectivity index (χ2n) is 7.69. The number of nitrogens with zero attached hydrogens (tertiary/aromatic N) is 1. The van der Waals surface area contributed by atoms with Crippen LogP contribution in [-0.2, 0) is 10.2 Å². The summed E-state index contributed by atoms with van der Waals surface area (Å²) in [6.07, 6.45) is 5.36. The van der Waals surface area contributed by atoms with Crippen LogP contribution >= 0.6 is 0 Å². The fraction of sp³-hybridized carbons (Fsp3) is 0.632. The molecule has 3 rings (SSSR count). The van der Waals surface area contributed by atoms with Gasteiger partial charge in [0.1, 0.15) is 0 Å². The lowest BCUT2D eigenvalue weighted by molar-refractivity contribution is -0.133. The first kappa shape index (κ1) is 15.5. The van der Waals surface area contributed by atoms with E-state index < -0.39 is 0 Å². The van der Waals surface area contributed by atoms with E-state index >= 15 is 0 Å². The van der Waals surface area contributed by atoms with Crippen LogP contribution in [0.15, 0.2) is 30.3 Å². The lowest BCUT2D eigenvalue weighted by Crippen LogP contribution is -2.49. The predicted molar refractivity (Wildman–Crippen MR) is 89.8 cm³/mol. The van der Waals surface area contributed by atoms with Gasteiger partial charge in [0.25, 0.3) is 0 Å². The maximum absolute atomic E-state index is 12.8. The molecule has 2 unspecified atom stereocenters. The van der Waals surface area contributed by atoms with Gasteiger partial charge in [0, 0.05) is 31.6 Å². The number of fused-ring (bicyclic) bond motifs is 2. The average molecular weight is 300 g/mol. The molecule has 1 N–H and O–H groups in total. The summed E-state index contributed by atoms with van der Waals surface area (Å²) < 4.78 is 0. The molecular weight excluding hydrogens is 272 g/mol. The Balaban J connectivity index is 1.64. The van der Waals surface area contributed by atoms with Gasteiger partial charge in [-0.1, -0.05) is 44.2 Å². The lowest BCUT2D eigenvalue weighted by Gasteiger charge is -2.37. The minimum atomic E-state index is -0.113.